The molecule has 0 aromatic heterocycles. The Balaban J connectivity index is 2.67. The highest BCUT2D eigenvalue weighted by atomic mass is 16.4. The molecule has 2 nitrogen and oxygen atoms in total. The van der Waals surface area contributed by atoms with Crippen LogP contribution in [-0.4, -0.2) is 10.9 Å². The Labute approximate surface area is 68.3 Å². The predicted molar refractivity (Wildman–Crippen MR) is 45.9 cm³/mol. The van der Waals surface area contributed by atoms with E-state index in [1.165, 1.54) is 12.8 Å². The zero-order chi connectivity index (χ0) is 8.43. The molecule has 0 saturated heterocycles. The molecular formula is C9H17NO. The number of hydrogen-bond acceptors (Lipinski definition) is 2. The molecule has 1 N–H and O–H groups in total. The summed E-state index contributed by atoms with van der Waals surface area (Å²) in [6.45, 7) is 6.55. The van der Waals surface area contributed by atoms with Gasteiger partial charge in [0.15, 0.2) is 0 Å². The average Bonchev–Trinajstić information content (AvgIpc) is 1.85. The van der Waals surface area contributed by atoms with Crippen LogP contribution >= 0.6 is 0 Å². The van der Waals surface area contributed by atoms with Gasteiger partial charge < -0.3 is 5.21 Å². The van der Waals surface area contributed by atoms with Crippen molar-refractivity contribution >= 4 is 5.71 Å². The number of oxime groups is 1. The standard InChI is InChI=1S/C9H17NO/c1-6-4-7(2)9(10-11)8(3)5-6/h6-8,11H,4-5H2,1-3H3/t6?,7-,8+. The number of hydrogen-bond donors (Lipinski definition) is 1. The molecule has 64 valence electrons. The van der Waals surface area contributed by atoms with Gasteiger partial charge in [-0.15, -0.1) is 0 Å². The minimum Gasteiger partial charge on any atom is -0.411 e. The van der Waals surface area contributed by atoms with Gasteiger partial charge in [-0.05, 0) is 30.6 Å². The molecule has 0 radical (unpaired) electrons. The highest BCUT2D eigenvalue weighted by Crippen LogP contribution is 2.30. The molecule has 1 aliphatic rings. The monoisotopic (exact) mass is 155 g/mol. The fourth-order valence-electron chi connectivity index (χ4n) is 2.23. The van der Waals surface area contributed by atoms with E-state index in [1.54, 1.807) is 0 Å². The molecule has 0 aliphatic heterocycles. The van der Waals surface area contributed by atoms with Crippen LogP contribution in [0.1, 0.15) is 33.6 Å². The van der Waals surface area contributed by atoms with Crippen LogP contribution in [0, 0.1) is 17.8 Å². The Kier molecular flexibility index (Phi) is 2.53. The predicted octanol–water partition coefficient (Wildman–Crippen LogP) is 2.52. The highest BCUT2D eigenvalue weighted by molar-refractivity contribution is 5.88. The molecule has 1 rings (SSSR count). The summed E-state index contributed by atoms with van der Waals surface area (Å²) in [5.41, 5.74) is 0.989. The topological polar surface area (TPSA) is 32.6 Å². The van der Waals surface area contributed by atoms with E-state index in [1.807, 2.05) is 0 Å². The summed E-state index contributed by atoms with van der Waals surface area (Å²) in [6.07, 6.45) is 2.34. The minimum absolute atomic E-state index is 0.471. The van der Waals surface area contributed by atoms with Crippen LogP contribution in [0.3, 0.4) is 0 Å². The third kappa shape index (κ3) is 1.73. The van der Waals surface area contributed by atoms with Crippen LogP contribution in [0.15, 0.2) is 5.16 Å². The van der Waals surface area contributed by atoms with Crippen molar-refractivity contribution in [3.05, 3.63) is 0 Å². The minimum atomic E-state index is 0.471. The SMILES string of the molecule is CC1C[C@@H](C)C(=NO)[C@@H](C)C1. The number of rotatable bonds is 0. The van der Waals surface area contributed by atoms with Gasteiger partial charge in [0.25, 0.3) is 0 Å². The molecule has 1 saturated carbocycles. The first-order valence-corrected chi connectivity index (χ1v) is 4.37. The molecule has 0 bridgehead atoms. The molecule has 11 heavy (non-hydrogen) atoms. The van der Waals surface area contributed by atoms with Gasteiger partial charge in [0.1, 0.15) is 0 Å². The van der Waals surface area contributed by atoms with Crippen molar-refractivity contribution in [1.29, 1.82) is 0 Å². The maximum absolute atomic E-state index is 8.71. The van der Waals surface area contributed by atoms with Gasteiger partial charge in [0.05, 0.1) is 5.71 Å². The van der Waals surface area contributed by atoms with Gasteiger partial charge in [-0.2, -0.15) is 0 Å². The molecule has 0 heterocycles. The van der Waals surface area contributed by atoms with Crippen LogP contribution in [0.2, 0.25) is 0 Å². The second-order valence-corrected chi connectivity index (χ2v) is 3.90. The summed E-state index contributed by atoms with van der Waals surface area (Å²) in [6, 6.07) is 0. The van der Waals surface area contributed by atoms with Crippen LogP contribution < -0.4 is 0 Å². The molecule has 3 atom stereocenters. The van der Waals surface area contributed by atoms with Crippen LogP contribution in [-0.2, 0) is 0 Å². The fourth-order valence-corrected chi connectivity index (χ4v) is 2.23. The van der Waals surface area contributed by atoms with Gasteiger partial charge in [0.2, 0.25) is 0 Å². The van der Waals surface area contributed by atoms with Crippen molar-refractivity contribution in [2.24, 2.45) is 22.9 Å². The number of nitrogens with zero attached hydrogens (tertiary/aromatic N) is 1. The van der Waals surface area contributed by atoms with Gasteiger partial charge >= 0.3 is 0 Å². The lowest BCUT2D eigenvalue weighted by atomic mass is 9.76. The van der Waals surface area contributed by atoms with E-state index in [4.69, 9.17) is 5.21 Å². The first-order valence-electron chi connectivity index (χ1n) is 4.37. The van der Waals surface area contributed by atoms with E-state index in [9.17, 15) is 0 Å². The molecule has 0 aromatic rings. The van der Waals surface area contributed by atoms with Gasteiger partial charge in [-0.25, -0.2) is 0 Å². The molecule has 1 fully saturated rings. The maximum atomic E-state index is 8.71. The summed E-state index contributed by atoms with van der Waals surface area (Å²) in [5.74, 6) is 1.72. The summed E-state index contributed by atoms with van der Waals surface area (Å²) >= 11 is 0. The zero-order valence-corrected chi connectivity index (χ0v) is 7.54. The highest BCUT2D eigenvalue weighted by Gasteiger charge is 2.27. The van der Waals surface area contributed by atoms with E-state index in [-0.39, 0.29) is 0 Å². The van der Waals surface area contributed by atoms with Crippen molar-refractivity contribution in [3.8, 4) is 0 Å². The largest absolute Gasteiger partial charge is 0.411 e. The average molecular weight is 155 g/mol. The maximum Gasteiger partial charge on any atom is 0.0627 e. The van der Waals surface area contributed by atoms with Crippen molar-refractivity contribution in [1.82, 2.24) is 0 Å². The third-order valence-corrected chi connectivity index (χ3v) is 2.64. The van der Waals surface area contributed by atoms with Gasteiger partial charge in [-0.3, -0.25) is 0 Å². The first-order chi connectivity index (χ1) is 5.15. The quantitative estimate of drug-likeness (QED) is 0.423. The van der Waals surface area contributed by atoms with Crippen molar-refractivity contribution in [3.63, 3.8) is 0 Å². The lowest BCUT2D eigenvalue weighted by molar-refractivity contribution is 0.292. The van der Waals surface area contributed by atoms with E-state index in [0.717, 1.165) is 11.6 Å². The van der Waals surface area contributed by atoms with Crippen molar-refractivity contribution < 1.29 is 5.21 Å². The molecule has 0 amide bonds. The molecule has 0 spiro atoms. The van der Waals surface area contributed by atoms with Gasteiger partial charge in [-0.1, -0.05) is 25.9 Å². The Morgan fingerprint density at radius 3 is 2.00 bits per heavy atom. The normalized spacial score (nSPS) is 42.8. The van der Waals surface area contributed by atoms with Crippen molar-refractivity contribution in [2.75, 3.05) is 0 Å². The Hall–Kier alpha value is -0.530. The van der Waals surface area contributed by atoms with Gasteiger partial charge in [0, 0.05) is 0 Å². The summed E-state index contributed by atoms with van der Waals surface area (Å²) in [4.78, 5) is 0. The fraction of sp³-hybridized carbons (Fsp3) is 0.889. The van der Waals surface area contributed by atoms with Crippen molar-refractivity contribution in [2.45, 2.75) is 33.6 Å². The van der Waals surface area contributed by atoms with E-state index >= 15 is 0 Å². The lowest BCUT2D eigenvalue weighted by Crippen LogP contribution is -2.28. The Morgan fingerprint density at radius 1 is 1.18 bits per heavy atom. The van der Waals surface area contributed by atoms with E-state index in [0.29, 0.717) is 11.8 Å². The first kappa shape index (κ1) is 8.57. The second-order valence-electron chi connectivity index (χ2n) is 3.90. The molecule has 2 heteroatoms. The van der Waals surface area contributed by atoms with E-state index < -0.39 is 0 Å². The molecular weight excluding hydrogens is 138 g/mol. The van der Waals surface area contributed by atoms with Crippen LogP contribution in [0.4, 0.5) is 0 Å². The van der Waals surface area contributed by atoms with E-state index in [2.05, 4.69) is 25.9 Å². The lowest BCUT2D eigenvalue weighted by Gasteiger charge is -2.29. The summed E-state index contributed by atoms with van der Waals surface area (Å²) in [5, 5.41) is 12.1. The Morgan fingerprint density at radius 2 is 1.64 bits per heavy atom. The zero-order valence-electron chi connectivity index (χ0n) is 7.54. The molecule has 1 unspecified atom stereocenters. The van der Waals surface area contributed by atoms with Crippen LogP contribution in [0.5, 0.6) is 0 Å². The Bertz CT molecular complexity index is 151. The molecule has 0 aromatic carbocycles. The summed E-state index contributed by atoms with van der Waals surface area (Å²) < 4.78 is 0. The smallest absolute Gasteiger partial charge is 0.0627 e. The van der Waals surface area contributed by atoms with Crippen LogP contribution in [0.25, 0.3) is 0 Å². The molecule has 1 aliphatic carbocycles. The third-order valence-electron chi connectivity index (χ3n) is 2.64. The second kappa shape index (κ2) is 3.24. The summed E-state index contributed by atoms with van der Waals surface area (Å²) in [7, 11) is 0.